The Kier molecular flexibility index (Phi) is 4.21. The van der Waals surface area contributed by atoms with Crippen LogP contribution in [0.15, 0.2) is 18.2 Å². The van der Waals surface area contributed by atoms with Crippen molar-refractivity contribution in [3.05, 3.63) is 24.0 Å². The summed E-state index contributed by atoms with van der Waals surface area (Å²) in [5, 5.41) is 0. The molecule has 0 saturated carbocycles. The predicted molar refractivity (Wildman–Crippen MR) is 84.1 cm³/mol. The molecule has 0 spiro atoms. The number of hydrogen-bond donors (Lipinski definition) is 1. The van der Waals surface area contributed by atoms with Crippen LogP contribution in [0.25, 0.3) is 11.0 Å². The molecule has 0 saturated heterocycles. The van der Waals surface area contributed by atoms with E-state index in [4.69, 9.17) is 15.5 Å². The number of fused-ring (bicyclic) bond motifs is 1. The second-order valence-corrected chi connectivity index (χ2v) is 6.14. The number of rotatable bonds is 4. The SMILES string of the molecule is CCOC(=O)CCn1c(C(C)(C)C)nc2cc(N)ccc21. The molecule has 1 aromatic heterocycles. The van der Waals surface area contributed by atoms with Gasteiger partial charge >= 0.3 is 5.97 Å². The molecule has 0 aliphatic carbocycles. The Bertz CT molecular complexity index is 653. The Morgan fingerprint density at radius 1 is 1.38 bits per heavy atom. The fourth-order valence-electron chi connectivity index (χ4n) is 2.38. The molecule has 0 radical (unpaired) electrons. The number of carbonyl (C=O) groups is 1. The average Bonchev–Trinajstić information content (AvgIpc) is 2.74. The zero-order valence-electron chi connectivity index (χ0n) is 13.1. The zero-order valence-corrected chi connectivity index (χ0v) is 13.1. The number of aryl methyl sites for hydroxylation is 1. The van der Waals surface area contributed by atoms with Gasteiger partial charge in [-0.2, -0.15) is 0 Å². The van der Waals surface area contributed by atoms with E-state index in [0.29, 0.717) is 25.3 Å². The highest BCUT2D eigenvalue weighted by atomic mass is 16.5. The molecule has 0 aliphatic heterocycles. The maximum atomic E-state index is 11.6. The van der Waals surface area contributed by atoms with Crippen LogP contribution in [0, 0.1) is 0 Å². The molecule has 2 N–H and O–H groups in total. The number of ether oxygens (including phenoxy) is 1. The van der Waals surface area contributed by atoms with Gasteiger partial charge in [0.15, 0.2) is 0 Å². The van der Waals surface area contributed by atoms with E-state index < -0.39 is 0 Å². The monoisotopic (exact) mass is 289 g/mol. The van der Waals surface area contributed by atoms with Gasteiger partial charge in [-0.25, -0.2) is 4.98 Å². The maximum Gasteiger partial charge on any atom is 0.307 e. The van der Waals surface area contributed by atoms with E-state index in [1.807, 2.05) is 25.1 Å². The third-order valence-corrected chi connectivity index (χ3v) is 3.29. The zero-order chi connectivity index (χ0) is 15.6. The van der Waals surface area contributed by atoms with Gasteiger partial charge in [0.1, 0.15) is 5.82 Å². The standard InChI is InChI=1S/C16H23N3O2/c1-5-21-14(20)8-9-19-13-7-6-11(17)10-12(13)18-15(19)16(2,3)4/h6-7,10H,5,8-9,17H2,1-4H3. The number of hydrogen-bond acceptors (Lipinski definition) is 4. The lowest BCUT2D eigenvalue weighted by molar-refractivity contribution is -0.143. The normalized spacial score (nSPS) is 11.8. The van der Waals surface area contributed by atoms with E-state index in [9.17, 15) is 4.79 Å². The molecule has 2 aromatic rings. The summed E-state index contributed by atoms with van der Waals surface area (Å²) in [5.74, 6) is 0.766. The Hall–Kier alpha value is -2.04. The third-order valence-electron chi connectivity index (χ3n) is 3.29. The van der Waals surface area contributed by atoms with Crippen LogP contribution in [0.1, 0.15) is 39.9 Å². The Balaban J connectivity index is 2.41. The molecule has 5 nitrogen and oxygen atoms in total. The summed E-state index contributed by atoms with van der Waals surface area (Å²) in [6.45, 7) is 9.11. The number of imidazole rings is 1. The van der Waals surface area contributed by atoms with Crippen LogP contribution in [-0.4, -0.2) is 22.1 Å². The van der Waals surface area contributed by atoms with Crippen molar-refractivity contribution in [2.45, 2.75) is 46.1 Å². The number of nitrogen functional groups attached to an aromatic ring is 1. The molecule has 0 bridgehead atoms. The minimum atomic E-state index is -0.186. The van der Waals surface area contributed by atoms with Crippen LogP contribution in [0.2, 0.25) is 0 Å². The molecule has 0 aliphatic rings. The quantitative estimate of drug-likeness (QED) is 0.694. The minimum Gasteiger partial charge on any atom is -0.466 e. The number of nitrogens with two attached hydrogens (primary N) is 1. The number of esters is 1. The van der Waals surface area contributed by atoms with Gasteiger partial charge in [-0.1, -0.05) is 20.8 Å². The summed E-state index contributed by atoms with van der Waals surface area (Å²) >= 11 is 0. The number of benzene rings is 1. The number of aromatic nitrogens is 2. The first-order valence-electron chi connectivity index (χ1n) is 7.24. The average molecular weight is 289 g/mol. The largest absolute Gasteiger partial charge is 0.466 e. The molecular formula is C16H23N3O2. The van der Waals surface area contributed by atoms with Crippen molar-refractivity contribution in [2.75, 3.05) is 12.3 Å². The van der Waals surface area contributed by atoms with Crippen LogP contribution >= 0.6 is 0 Å². The van der Waals surface area contributed by atoms with E-state index in [1.54, 1.807) is 0 Å². The van der Waals surface area contributed by atoms with E-state index >= 15 is 0 Å². The van der Waals surface area contributed by atoms with E-state index in [-0.39, 0.29) is 11.4 Å². The van der Waals surface area contributed by atoms with Crippen molar-refractivity contribution >= 4 is 22.7 Å². The summed E-state index contributed by atoms with van der Waals surface area (Å²) in [4.78, 5) is 16.3. The molecule has 114 valence electrons. The fraction of sp³-hybridized carbons (Fsp3) is 0.500. The second-order valence-electron chi connectivity index (χ2n) is 6.14. The number of nitrogens with zero attached hydrogens (tertiary/aromatic N) is 2. The molecule has 0 atom stereocenters. The summed E-state index contributed by atoms with van der Waals surface area (Å²) in [7, 11) is 0. The van der Waals surface area contributed by atoms with Gasteiger partial charge in [0.25, 0.3) is 0 Å². The second kappa shape index (κ2) is 5.76. The molecule has 5 heteroatoms. The van der Waals surface area contributed by atoms with Gasteiger partial charge in [-0.15, -0.1) is 0 Å². The minimum absolute atomic E-state index is 0.109. The van der Waals surface area contributed by atoms with Crippen molar-refractivity contribution in [1.29, 1.82) is 0 Å². The summed E-state index contributed by atoms with van der Waals surface area (Å²) < 4.78 is 7.09. The molecule has 1 aromatic carbocycles. The summed E-state index contributed by atoms with van der Waals surface area (Å²) in [5.41, 5.74) is 8.28. The smallest absolute Gasteiger partial charge is 0.307 e. The van der Waals surface area contributed by atoms with Gasteiger partial charge in [-0.05, 0) is 25.1 Å². The first kappa shape index (κ1) is 15.4. The molecule has 0 fully saturated rings. The third kappa shape index (κ3) is 3.35. The van der Waals surface area contributed by atoms with Gasteiger partial charge in [0.05, 0.1) is 24.1 Å². The van der Waals surface area contributed by atoms with Crippen LogP contribution in [0.4, 0.5) is 5.69 Å². The van der Waals surface area contributed by atoms with Crippen molar-refractivity contribution in [3.63, 3.8) is 0 Å². The van der Waals surface area contributed by atoms with Crippen molar-refractivity contribution in [1.82, 2.24) is 9.55 Å². The fourth-order valence-corrected chi connectivity index (χ4v) is 2.38. The Morgan fingerprint density at radius 2 is 2.10 bits per heavy atom. The first-order chi connectivity index (χ1) is 9.82. The van der Waals surface area contributed by atoms with E-state index in [2.05, 4.69) is 25.3 Å². The van der Waals surface area contributed by atoms with Gasteiger partial charge < -0.3 is 15.0 Å². The van der Waals surface area contributed by atoms with Gasteiger partial charge in [0.2, 0.25) is 0 Å². The molecule has 1 heterocycles. The Labute approximate surface area is 125 Å². The molecule has 2 rings (SSSR count). The number of carbonyl (C=O) groups excluding carboxylic acids is 1. The Morgan fingerprint density at radius 3 is 2.71 bits per heavy atom. The van der Waals surface area contributed by atoms with Crippen LogP contribution in [0.3, 0.4) is 0 Å². The highest BCUT2D eigenvalue weighted by Crippen LogP contribution is 2.27. The van der Waals surface area contributed by atoms with Crippen LogP contribution < -0.4 is 5.73 Å². The highest BCUT2D eigenvalue weighted by molar-refractivity contribution is 5.80. The van der Waals surface area contributed by atoms with Crippen molar-refractivity contribution < 1.29 is 9.53 Å². The molecular weight excluding hydrogens is 266 g/mol. The lowest BCUT2D eigenvalue weighted by Crippen LogP contribution is -2.20. The molecule has 0 amide bonds. The van der Waals surface area contributed by atoms with E-state index in [1.165, 1.54) is 0 Å². The molecule has 21 heavy (non-hydrogen) atoms. The van der Waals surface area contributed by atoms with Crippen LogP contribution in [0.5, 0.6) is 0 Å². The topological polar surface area (TPSA) is 70.1 Å². The van der Waals surface area contributed by atoms with Crippen molar-refractivity contribution in [2.24, 2.45) is 0 Å². The van der Waals surface area contributed by atoms with Crippen molar-refractivity contribution in [3.8, 4) is 0 Å². The lowest BCUT2D eigenvalue weighted by atomic mass is 9.95. The van der Waals surface area contributed by atoms with Gasteiger partial charge in [0, 0.05) is 17.6 Å². The van der Waals surface area contributed by atoms with Crippen LogP contribution in [-0.2, 0) is 21.5 Å². The summed E-state index contributed by atoms with van der Waals surface area (Å²) in [6, 6.07) is 5.68. The summed E-state index contributed by atoms with van der Waals surface area (Å²) in [6.07, 6.45) is 0.340. The number of anilines is 1. The highest BCUT2D eigenvalue weighted by Gasteiger charge is 2.23. The lowest BCUT2D eigenvalue weighted by Gasteiger charge is -2.20. The predicted octanol–water partition coefficient (Wildman–Crippen LogP) is 2.87. The van der Waals surface area contributed by atoms with E-state index in [0.717, 1.165) is 16.9 Å². The maximum absolute atomic E-state index is 11.6. The van der Waals surface area contributed by atoms with Gasteiger partial charge in [-0.3, -0.25) is 4.79 Å². The molecule has 0 unspecified atom stereocenters. The first-order valence-corrected chi connectivity index (χ1v) is 7.24.